The van der Waals surface area contributed by atoms with Crippen LogP contribution in [-0.4, -0.2) is 16.7 Å². The highest BCUT2D eigenvalue weighted by Gasteiger charge is 2.38. The fourth-order valence-electron chi connectivity index (χ4n) is 1.58. The molecule has 2 rings (SSSR count). The van der Waals surface area contributed by atoms with Gasteiger partial charge < -0.3 is 5.32 Å². The molecule has 0 unspecified atom stereocenters. The van der Waals surface area contributed by atoms with E-state index in [1.807, 2.05) is 0 Å². The lowest BCUT2D eigenvalue weighted by Gasteiger charge is -2.20. The Morgan fingerprint density at radius 3 is 2.60 bits per heavy atom. The summed E-state index contributed by atoms with van der Waals surface area (Å²) in [4.78, 5) is 0. The van der Waals surface area contributed by atoms with Crippen LogP contribution in [0.2, 0.25) is 0 Å². The molecule has 1 aromatic heterocycles. The second-order valence-electron chi connectivity index (χ2n) is 3.22. The first kappa shape index (κ1) is 10.8. The standard InChI is InChI=1S/C8H7BrF3N3/c9-7-4-1-2-13-3-5(4)6(14-15-7)8(10,11)12/h13H,1-3H2. The Labute approximate surface area is 92.2 Å². The summed E-state index contributed by atoms with van der Waals surface area (Å²) in [7, 11) is 0. The van der Waals surface area contributed by atoms with E-state index in [1.165, 1.54) is 0 Å². The van der Waals surface area contributed by atoms with Crippen molar-refractivity contribution < 1.29 is 13.2 Å². The molecular weight excluding hydrogens is 275 g/mol. The summed E-state index contributed by atoms with van der Waals surface area (Å²) in [5.74, 6) is 0. The van der Waals surface area contributed by atoms with Crippen molar-refractivity contribution in [2.75, 3.05) is 6.54 Å². The maximum Gasteiger partial charge on any atom is 0.435 e. The van der Waals surface area contributed by atoms with Crippen LogP contribution in [0.4, 0.5) is 13.2 Å². The van der Waals surface area contributed by atoms with Crippen LogP contribution in [0.15, 0.2) is 4.60 Å². The zero-order chi connectivity index (χ0) is 11.1. The quantitative estimate of drug-likeness (QED) is 0.789. The van der Waals surface area contributed by atoms with Crippen LogP contribution < -0.4 is 5.32 Å². The number of halogens is 4. The third-order valence-corrected chi connectivity index (χ3v) is 2.90. The van der Waals surface area contributed by atoms with E-state index in [-0.39, 0.29) is 12.1 Å². The van der Waals surface area contributed by atoms with Gasteiger partial charge in [-0.2, -0.15) is 13.2 Å². The zero-order valence-electron chi connectivity index (χ0n) is 7.53. The Hall–Kier alpha value is -0.690. The molecule has 0 amide bonds. The molecule has 0 fully saturated rings. The SMILES string of the molecule is FC(F)(F)c1nnc(Br)c2c1CNCC2. The molecule has 15 heavy (non-hydrogen) atoms. The lowest BCUT2D eigenvalue weighted by atomic mass is 10.0. The van der Waals surface area contributed by atoms with Gasteiger partial charge in [-0.15, -0.1) is 10.2 Å². The van der Waals surface area contributed by atoms with Crippen molar-refractivity contribution in [3.63, 3.8) is 0 Å². The molecular formula is C8H7BrF3N3. The third kappa shape index (κ3) is 1.98. The second kappa shape index (κ2) is 3.71. The van der Waals surface area contributed by atoms with Gasteiger partial charge in [0, 0.05) is 12.1 Å². The Morgan fingerprint density at radius 1 is 1.20 bits per heavy atom. The summed E-state index contributed by atoms with van der Waals surface area (Å²) in [6.45, 7) is 0.854. The Bertz CT molecular complexity index is 391. The van der Waals surface area contributed by atoms with Crippen LogP contribution in [0.1, 0.15) is 16.8 Å². The highest BCUT2D eigenvalue weighted by atomic mass is 79.9. The van der Waals surface area contributed by atoms with Crippen molar-refractivity contribution in [1.29, 1.82) is 0 Å². The molecule has 0 bridgehead atoms. The van der Waals surface area contributed by atoms with E-state index in [4.69, 9.17) is 0 Å². The van der Waals surface area contributed by atoms with E-state index in [0.29, 0.717) is 23.1 Å². The minimum atomic E-state index is -4.43. The highest BCUT2D eigenvalue weighted by molar-refractivity contribution is 9.10. The molecule has 7 heteroatoms. The molecule has 3 nitrogen and oxygen atoms in total. The first-order chi connectivity index (χ1) is 7.00. The summed E-state index contributed by atoms with van der Waals surface area (Å²) in [5, 5.41) is 9.57. The van der Waals surface area contributed by atoms with Gasteiger partial charge >= 0.3 is 6.18 Å². The summed E-state index contributed by atoms with van der Waals surface area (Å²) in [5.41, 5.74) is -0.0698. The molecule has 2 heterocycles. The first-order valence-corrected chi connectivity index (χ1v) is 5.11. The van der Waals surface area contributed by atoms with Crippen LogP contribution in [0.3, 0.4) is 0 Å². The zero-order valence-corrected chi connectivity index (χ0v) is 9.11. The highest BCUT2D eigenvalue weighted by Crippen LogP contribution is 2.34. The van der Waals surface area contributed by atoms with E-state index in [9.17, 15) is 13.2 Å². The van der Waals surface area contributed by atoms with E-state index in [2.05, 4.69) is 31.4 Å². The predicted molar refractivity (Wildman–Crippen MR) is 50.1 cm³/mol. The number of aromatic nitrogens is 2. The third-order valence-electron chi connectivity index (χ3n) is 2.26. The number of fused-ring (bicyclic) bond motifs is 1. The van der Waals surface area contributed by atoms with Crippen molar-refractivity contribution in [2.45, 2.75) is 19.1 Å². The monoisotopic (exact) mass is 281 g/mol. The van der Waals surface area contributed by atoms with E-state index in [1.54, 1.807) is 0 Å². The summed E-state index contributed by atoms with van der Waals surface area (Å²) in [6.07, 6.45) is -3.90. The minimum absolute atomic E-state index is 0.193. The molecule has 0 saturated carbocycles. The van der Waals surface area contributed by atoms with Gasteiger partial charge in [-0.05, 0) is 34.5 Å². The number of hydrogen-bond acceptors (Lipinski definition) is 3. The minimum Gasteiger partial charge on any atom is -0.312 e. The average Bonchev–Trinajstić information content (AvgIpc) is 2.17. The summed E-state index contributed by atoms with van der Waals surface area (Å²) in [6, 6.07) is 0. The van der Waals surface area contributed by atoms with Crippen molar-refractivity contribution in [2.24, 2.45) is 0 Å². The number of nitrogens with zero attached hydrogens (tertiary/aromatic N) is 2. The first-order valence-electron chi connectivity index (χ1n) is 4.32. The second-order valence-corrected chi connectivity index (χ2v) is 3.97. The van der Waals surface area contributed by atoms with Crippen LogP contribution in [0.25, 0.3) is 0 Å². The normalized spacial score (nSPS) is 16.3. The Balaban J connectivity index is 2.58. The maximum absolute atomic E-state index is 12.6. The molecule has 0 aliphatic carbocycles. The van der Waals surface area contributed by atoms with Gasteiger partial charge in [-0.1, -0.05) is 0 Å². The predicted octanol–water partition coefficient (Wildman–Crippen LogP) is 1.90. The Kier molecular flexibility index (Phi) is 2.68. The molecule has 82 valence electrons. The topological polar surface area (TPSA) is 37.8 Å². The summed E-state index contributed by atoms with van der Waals surface area (Å²) >= 11 is 3.11. The van der Waals surface area contributed by atoms with Gasteiger partial charge in [-0.25, -0.2) is 0 Å². The fraction of sp³-hybridized carbons (Fsp3) is 0.500. The van der Waals surface area contributed by atoms with Gasteiger partial charge in [-0.3, -0.25) is 0 Å². The van der Waals surface area contributed by atoms with E-state index in [0.717, 1.165) is 0 Å². The largest absolute Gasteiger partial charge is 0.435 e. The van der Waals surface area contributed by atoms with Crippen molar-refractivity contribution in [1.82, 2.24) is 15.5 Å². The molecule has 0 saturated heterocycles. The van der Waals surface area contributed by atoms with Gasteiger partial charge in [0.15, 0.2) is 5.69 Å². The van der Waals surface area contributed by atoms with Gasteiger partial charge in [0.05, 0.1) is 0 Å². The maximum atomic E-state index is 12.6. The average molecular weight is 282 g/mol. The van der Waals surface area contributed by atoms with E-state index < -0.39 is 11.9 Å². The fourth-order valence-corrected chi connectivity index (χ4v) is 2.10. The lowest BCUT2D eigenvalue weighted by molar-refractivity contribution is -0.142. The van der Waals surface area contributed by atoms with Crippen LogP contribution in [-0.2, 0) is 19.1 Å². The van der Waals surface area contributed by atoms with Crippen LogP contribution in [0, 0.1) is 0 Å². The van der Waals surface area contributed by atoms with Gasteiger partial charge in [0.1, 0.15) is 4.60 Å². The number of nitrogens with one attached hydrogen (secondary N) is 1. The molecule has 1 aliphatic heterocycles. The van der Waals surface area contributed by atoms with Crippen molar-refractivity contribution in [3.8, 4) is 0 Å². The molecule has 1 aliphatic rings. The van der Waals surface area contributed by atoms with Gasteiger partial charge in [0.25, 0.3) is 0 Å². The van der Waals surface area contributed by atoms with E-state index >= 15 is 0 Å². The smallest absolute Gasteiger partial charge is 0.312 e. The molecule has 0 aromatic carbocycles. The summed E-state index contributed by atoms with van der Waals surface area (Å²) < 4.78 is 38.1. The molecule has 1 aromatic rings. The molecule has 0 spiro atoms. The van der Waals surface area contributed by atoms with Crippen LogP contribution >= 0.6 is 15.9 Å². The van der Waals surface area contributed by atoms with Crippen molar-refractivity contribution in [3.05, 3.63) is 21.4 Å². The molecule has 0 atom stereocenters. The molecule has 0 radical (unpaired) electrons. The number of hydrogen-bond donors (Lipinski definition) is 1. The van der Waals surface area contributed by atoms with Crippen molar-refractivity contribution >= 4 is 15.9 Å². The lowest BCUT2D eigenvalue weighted by Crippen LogP contribution is -2.28. The Morgan fingerprint density at radius 2 is 1.93 bits per heavy atom. The number of rotatable bonds is 0. The van der Waals surface area contributed by atoms with Gasteiger partial charge in [0.2, 0.25) is 0 Å². The number of alkyl halides is 3. The molecule has 1 N–H and O–H groups in total. The van der Waals surface area contributed by atoms with Crippen LogP contribution in [0.5, 0.6) is 0 Å².